The number of carboxylic acid groups (broad SMARTS) is 1. The highest BCUT2D eigenvalue weighted by Crippen LogP contribution is 2.09. The molecule has 2 amide bonds. The average Bonchev–Trinajstić information content (AvgIpc) is 2.93. The number of benzene rings is 1. The van der Waals surface area contributed by atoms with Crippen LogP contribution in [0, 0.1) is 6.92 Å². The molecule has 6 nitrogen and oxygen atoms in total. The van der Waals surface area contributed by atoms with Gasteiger partial charge in [-0.3, -0.25) is 0 Å². The van der Waals surface area contributed by atoms with Crippen LogP contribution < -0.4 is 10.6 Å². The van der Waals surface area contributed by atoms with Crippen LogP contribution in [0.15, 0.2) is 29.6 Å². The molecule has 0 atom stereocenters. The standard InChI is InChI=1S/C14H15N3O3S/c1-9-4-2-3-5-10(9)6-15-14(20)16-7-12-17-11(8-21-12)13(18)19/h2-5,8H,6-7H2,1H3,(H,18,19)(H2,15,16,20). The van der Waals surface area contributed by atoms with Crippen molar-refractivity contribution in [3.8, 4) is 0 Å². The van der Waals surface area contributed by atoms with E-state index in [-0.39, 0.29) is 18.3 Å². The second kappa shape index (κ2) is 6.85. The van der Waals surface area contributed by atoms with Crippen LogP contribution in [0.4, 0.5) is 4.79 Å². The van der Waals surface area contributed by atoms with E-state index in [0.29, 0.717) is 11.6 Å². The number of thiazole rings is 1. The van der Waals surface area contributed by atoms with E-state index in [0.717, 1.165) is 11.1 Å². The van der Waals surface area contributed by atoms with E-state index in [1.165, 1.54) is 16.7 Å². The molecule has 110 valence electrons. The van der Waals surface area contributed by atoms with Gasteiger partial charge in [-0.25, -0.2) is 14.6 Å². The number of carboxylic acids is 1. The summed E-state index contributed by atoms with van der Waals surface area (Å²) < 4.78 is 0. The van der Waals surface area contributed by atoms with Gasteiger partial charge >= 0.3 is 12.0 Å². The zero-order valence-corrected chi connectivity index (χ0v) is 12.2. The molecule has 1 heterocycles. The van der Waals surface area contributed by atoms with Gasteiger partial charge in [-0.2, -0.15) is 0 Å². The molecule has 0 unspecified atom stereocenters. The van der Waals surface area contributed by atoms with Crippen molar-refractivity contribution in [2.45, 2.75) is 20.0 Å². The van der Waals surface area contributed by atoms with Crippen molar-refractivity contribution < 1.29 is 14.7 Å². The van der Waals surface area contributed by atoms with Crippen molar-refractivity contribution in [2.24, 2.45) is 0 Å². The summed E-state index contributed by atoms with van der Waals surface area (Å²) in [5, 5.41) is 16.2. The zero-order valence-electron chi connectivity index (χ0n) is 11.4. The molecule has 3 N–H and O–H groups in total. The molecule has 2 rings (SSSR count). The summed E-state index contributed by atoms with van der Waals surface area (Å²) in [6.07, 6.45) is 0. The second-order valence-electron chi connectivity index (χ2n) is 4.39. The largest absolute Gasteiger partial charge is 0.476 e. The second-order valence-corrected chi connectivity index (χ2v) is 5.34. The van der Waals surface area contributed by atoms with Gasteiger partial charge in [0, 0.05) is 11.9 Å². The van der Waals surface area contributed by atoms with E-state index < -0.39 is 5.97 Å². The zero-order chi connectivity index (χ0) is 15.2. The molecule has 0 aliphatic carbocycles. The van der Waals surface area contributed by atoms with Crippen molar-refractivity contribution in [1.82, 2.24) is 15.6 Å². The van der Waals surface area contributed by atoms with Gasteiger partial charge in [0.05, 0.1) is 6.54 Å². The van der Waals surface area contributed by atoms with Crippen LogP contribution in [0.25, 0.3) is 0 Å². The number of nitrogens with one attached hydrogen (secondary N) is 2. The fourth-order valence-electron chi connectivity index (χ4n) is 1.69. The van der Waals surface area contributed by atoms with E-state index in [9.17, 15) is 9.59 Å². The minimum absolute atomic E-state index is 0.00267. The van der Waals surface area contributed by atoms with Gasteiger partial charge in [-0.1, -0.05) is 24.3 Å². The highest BCUT2D eigenvalue weighted by molar-refractivity contribution is 7.09. The molecule has 0 saturated carbocycles. The molecule has 0 saturated heterocycles. The molecule has 21 heavy (non-hydrogen) atoms. The van der Waals surface area contributed by atoms with E-state index in [1.807, 2.05) is 31.2 Å². The quantitative estimate of drug-likeness (QED) is 0.789. The van der Waals surface area contributed by atoms with Crippen LogP contribution in [0.3, 0.4) is 0 Å². The van der Waals surface area contributed by atoms with Crippen molar-refractivity contribution in [1.29, 1.82) is 0 Å². The number of carbonyl (C=O) groups is 2. The Morgan fingerprint density at radius 2 is 1.95 bits per heavy atom. The lowest BCUT2D eigenvalue weighted by Crippen LogP contribution is -2.34. The van der Waals surface area contributed by atoms with Crippen LogP contribution in [0.1, 0.15) is 26.6 Å². The summed E-state index contributed by atoms with van der Waals surface area (Å²) >= 11 is 1.20. The van der Waals surface area contributed by atoms with Crippen molar-refractivity contribution in [3.05, 3.63) is 51.5 Å². The van der Waals surface area contributed by atoms with Crippen LogP contribution in [0.2, 0.25) is 0 Å². The Kier molecular flexibility index (Phi) is 4.89. The fourth-order valence-corrected chi connectivity index (χ4v) is 2.40. The molecule has 0 radical (unpaired) electrons. The Labute approximate surface area is 125 Å². The molecule has 2 aromatic rings. The average molecular weight is 305 g/mol. The van der Waals surface area contributed by atoms with Crippen LogP contribution >= 0.6 is 11.3 Å². The summed E-state index contributed by atoms with van der Waals surface area (Å²) in [6.45, 7) is 2.63. The maximum absolute atomic E-state index is 11.7. The summed E-state index contributed by atoms with van der Waals surface area (Å²) in [5.41, 5.74) is 2.16. The van der Waals surface area contributed by atoms with Gasteiger partial charge in [0.2, 0.25) is 0 Å². The first kappa shape index (κ1) is 15.0. The maximum Gasteiger partial charge on any atom is 0.355 e. The third-order valence-corrected chi connectivity index (χ3v) is 3.72. The number of amides is 2. The fraction of sp³-hybridized carbons (Fsp3) is 0.214. The lowest BCUT2D eigenvalue weighted by Gasteiger charge is -2.08. The van der Waals surface area contributed by atoms with Crippen LogP contribution in [-0.4, -0.2) is 22.1 Å². The molecule has 0 fully saturated rings. The maximum atomic E-state index is 11.7. The molecule has 0 aliphatic rings. The minimum Gasteiger partial charge on any atom is -0.476 e. The molecule has 7 heteroatoms. The highest BCUT2D eigenvalue weighted by Gasteiger charge is 2.09. The normalized spacial score (nSPS) is 10.1. The SMILES string of the molecule is Cc1ccccc1CNC(=O)NCc1nc(C(=O)O)cs1. The Morgan fingerprint density at radius 1 is 1.24 bits per heavy atom. The van der Waals surface area contributed by atoms with Crippen molar-refractivity contribution in [2.75, 3.05) is 0 Å². The van der Waals surface area contributed by atoms with E-state index >= 15 is 0 Å². The topological polar surface area (TPSA) is 91.3 Å². The smallest absolute Gasteiger partial charge is 0.355 e. The van der Waals surface area contributed by atoms with Crippen LogP contribution in [0.5, 0.6) is 0 Å². The first-order valence-electron chi connectivity index (χ1n) is 6.30. The van der Waals surface area contributed by atoms with E-state index in [2.05, 4.69) is 15.6 Å². The Balaban J connectivity index is 1.79. The number of aryl methyl sites for hydroxylation is 1. The number of nitrogens with zero attached hydrogens (tertiary/aromatic N) is 1. The Morgan fingerprint density at radius 3 is 2.62 bits per heavy atom. The van der Waals surface area contributed by atoms with Gasteiger partial charge < -0.3 is 15.7 Å². The number of urea groups is 1. The van der Waals surface area contributed by atoms with Crippen LogP contribution in [-0.2, 0) is 13.1 Å². The van der Waals surface area contributed by atoms with Gasteiger partial charge in [-0.05, 0) is 18.1 Å². The predicted molar refractivity (Wildman–Crippen MR) is 79.3 cm³/mol. The summed E-state index contributed by atoms with van der Waals surface area (Å²) in [7, 11) is 0. The molecule has 1 aromatic heterocycles. The molecule has 1 aromatic carbocycles. The monoisotopic (exact) mass is 305 g/mol. The van der Waals surface area contributed by atoms with Crippen molar-refractivity contribution in [3.63, 3.8) is 0 Å². The number of hydrogen-bond donors (Lipinski definition) is 3. The minimum atomic E-state index is -1.07. The third-order valence-electron chi connectivity index (χ3n) is 2.87. The third kappa shape index (κ3) is 4.28. The summed E-state index contributed by atoms with van der Waals surface area (Å²) in [6, 6.07) is 7.49. The number of aromatic nitrogens is 1. The van der Waals surface area contributed by atoms with E-state index in [1.54, 1.807) is 0 Å². The van der Waals surface area contributed by atoms with Crippen molar-refractivity contribution >= 4 is 23.3 Å². The molecule has 0 bridgehead atoms. The lowest BCUT2D eigenvalue weighted by atomic mass is 10.1. The number of hydrogen-bond acceptors (Lipinski definition) is 4. The predicted octanol–water partition coefficient (Wildman–Crippen LogP) is 2.15. The lowest BCUT2D eigenvalue weighted by molar-refractivity contribution is 0.0691. The first-order chi connectivity index (χ1) is 10.1. The number of aromatic carboxylic acids is 1. The Hall–Kier alpha value is -2.41. The first-order valence-corrected chi connectivity index (χ1v) is 7.18. The van der Waals surface area contributed by atoms with Gasteiger partial charge in [0.15, 0.2) is 5.69 Å². The molecular weight excluding hydrogens is 290 g/mol. The molecule has 0 spiro atoms. The van der Waals surface area contributed by atoms with Gasteiger partial charge in [0.25, 0.3) is 0 Å². The molecular formula is C14H15N3O3S. The Bertz CT molecular complexity index is 654. The number of carbonyl (C=O) groups excluding carboxylic acids is 1. The summed E-state index contributed by atoms with van der Waals surface area (Å²) in [5.74, 6) is -1.07. The van der Waals surface area contributed by atoms with Gasteiger partial charge in [0.1, 0.15) is 5.01 Å². The number of rotatable bonds is 5. The van der Waals surface area contributed by atoms with E-state index in [4.69, 9.17) is 5.11 Å². The highest BCUT2D eigenvalue weighted by atomic mass is 32.1. The molecule has 0 aliphatic heterocycles. The van der Waals surface area contributed by atoms with Gasteiger partial charge in [-0.15, -0.1) is 11.3 Å². The summed E-state index contributed by atoms with van der Waals surface area (Å²) in [4.78, 5) is 26.3.